The van der Waals surface area contributed by atoms with Crippen LogP contribution in [0.2, 0.25) is 19.6 Å². The van der Waals surface area contributed by atoms with E-state index in [1.807, 2.05) is 6.07 Å². The normalized spacial score (nSPS) is 33.0. The zero-order valence-corrected chi connectivity index (χ0v) is 14.5. The maximum atomic E-state index is 11.2. The molecule has 0 unspecified atom stereocenters. The summed E-state index contributed by atoms with van der Waals surface area (Å²) in [5.74, 6) is 0. The Morgan fingerprint density at radius 3 is 2.57 bits per heavy atom. The van der Waals surface area contributed by atoms with Gasteiger partial charge in [0, 0.05) is 5.56 Å². The van der Waals surface area contributed by atoms with Crippen molar-refractivity contribution in [2.75, 3.05) is 0 Å². The molecule has 4 heteroatoms. The summed E-state index contributed by atoms with van der Waals surface area (Å²) in [6, 6.07) is 14.7. The SMILES string of the molecule is C[Si](C)(C)O[C@]12c3ccccc3-c3cccc(c31)[C@H]1O[C@H]1[C@H]2O. The molecule has 0 bridgehead atoms. The fourth-order valence-electron chi connectivity index (χ4n) is 4.42. The van der Waals surface area contributed by atoms with Crippen molar-refractivity contribution in [1.82, 2.24) is 0 Å². The molecule has 23 heavy (non-hydrogen) atoms. The summed E-state index contributed by atoms with van der Waals surface area (Å²) in [7, 11) is -1.91. The van der Waals surface area contributed by atoms with Gasteiger partial charge in [-0.05, 0) is 41.9 Å². The number of epoxide rings is 1. The molecule has 0 amide bonds. The Kier molecular flexibility index (Phi) is 2.50. The van der Waals surface area contributed by atoms with Crippen molar-refractivity contribution < 1.29 is 14.3 Å². The molecule has 1 N–H and O–H groups in total. The summed E-state index contributed by atoms with van der Waals surface area (Å²) in [6.45, 7) is 6.53. The van der Waals surface area contributed by atoms with Crippen LogP contribution in [0.3, 0.4) is 0 Å². The van der Waals surface area contributed by atoms with E-state index in [9.17, 15) is 5.11 Å². The maximum Gasteiger partial charge on any atom is 0.185 e. The average Bonchev–Trinajstić information content (AvgIpc) is 3.26. The molecule has 3 nitrogen and oxygen atoms in total. The predicted molar refractivity (Wildman–Crippen MR) is 90.7 cm³/mol. The van der Waals surface area contributed by atoms with Gasteiger partial charge in [0.25, 0.3) is 0 Å². The van der Waals surface area contributed by atoms with Crippen molar-refractivity contribution in [1.29, 1.82) is 0 Å². The monoisotopic (exact) mass is 324 g/mol. The first kappa shape index (κ1) is 13.9. The standard InChI is InChI=1S/C19H20O3Si/c1-23(2,3)22-19-14-10-5-4-7-11(14)12-8-6-9-13(15(12)19)16-17(21-16)18(19)20/h4-10,16-18,20H,1-3H3/t16-,17-,18-,19-/m1/s1. The van der Waals surface area contributed by atoms with Crippen LogP contribution in [0, 0.1) is 0 Å². The van der Waals surface area contributed by atoms with Crippen molar-refractivity contribution in [2.24, 2.45) is 0 Å². The quantitative estimate of drug-likeness (QED) is 0.678. The third-order valence-corrected chi connectivity index (χ3v) is 6.05. The van der Waals surface area contributed by atoms with Gasteiger partial charge in [0.1, 0.15) is 23.9 Å². The Morgan fingerprint density at radius 1 is 1.04 bits per heavy atom. The van der Waals surface area contributed by atoms with Crippen LogP contribution in [0.1, 0.15) is 22.8 Å². The molecule has 118 valence electrons. The van der Waals surface area contributed by atoms with Crippen molar-refractivity contribution in [2.45, 2.75) is 43.6 Å². The Balaban J connectivity index is 1.89. The summed E-state index contributed by atoms with van der Waals surface area (Å²) < 4.78 is 12.6. The molecule has 0 aromatic heterocycles. The van der Waals surface area contributed by atoms with Crippen molar-refractivity contribution in [3.05, 3.63) is 59.2 Å². The Bertz CT molecular complexity index is 826. The number of ether oxygens (including phenoxy) is 1. The van der Waals surface area contributed by atoms with Crippen LogP contribution in [0.5, 0.6) is 0 Å². The molecular weight excluding hydrogens is 304 g/mol. The molecule has 0 saturated carbocycles. The predicted octanol–water partition coefficient (Wildman–Crippen LogP) is 3.58. The number of hydrogen-bond donors (Lipinski definition) is 1. The third kappa shape index (κ3) is 1.64. The lowest BCUT2D eigenvalue weighted by Crippen LogP contribution is -2.52. The molecule has 5 rings (SSSR count). The number of aliphatic hydroxyl groups excluding tert-OH is 1. The maximum absolute atomic E-state index is 11.2. The van der Waals surface area contributed by atoms with Gasteiger partial charge in [-0.2, -0.15) is 0 Å². The molecule has 2 aliphatic carbocycles. The van der Waals surface area contributed by atoms with Crippen LogP contribution < -0.4 is 0 Å². The second-order valence-corrected chi connectivity index (χ2v) is 12.2. The van der Waals surface area contributed by atoms with Gasteiger partial charge in [-0.25, -0.2) is 0 Å². The third-order valence-electron chi connectivity index (χ3n) is 5.11. The molecule has 2 aromatic carbocycles. The molecule has 1 heterocycles. The van der Waals surface area contributed by atoms with E-state index in [-0.39, 0.29) is 12.2 Å². The molecule has 1 saturated heterocycles. The van der Waals surface area contributed by atoms with E-state index in [2.05, 4.69) is 56.0 Å². The highest BCUT2D eigenvalue weighted by molar-refractivity contribution is 6.69. The zero-order chi connectivity index (χ0) is 16.0. The van der Waals surface area contributed by atoms with Crippen LogP contribution in [0.4, 0.5) is 0 Å². The lowest BCUT2D eigenvalue weighted by molar-refractivity contribution is -0.0476. The first-order chi connectivity index (χ1) is 10.9. The van der Waals surface area contributed by atoms with E-state index in [0.717, 1.165) is 11.1 Å². The van der Waals surface area contributed by atoms with Gasteiger partial charge in [0.15, 0.2) is 8.32 Å². The highest BCUT2D eigenvalue weighted by atomic mass is 28.4. The van der Waals surface area contributed by atoms with Crippen molar-refractivity contribution >= 4 is 8.32 Å². The topological polar surface area (TPSA) is 42.0 Å². The van der Waals surface area contributed by atoms with Gasteiger partial charge in [0.2, 0.25) is 0 Å². The van der Waals surface area contributed by atoms with Gasteiger partial charge >= 0.3 is 0 Å². The number of hydrogen-bond acceptors (Lipinski definition) is 3. The fraction of sp³-hybridized carbons (Fsp3) is 0.368. The van der Waals surface area contributed by atoms with Gasteiger partial charge in [-0.15, -0.1) is 0 Å². The minimum atomic E-state index is -1.91. The minimum absolute atomic E-state index is 0.0209. The van der Waals surface area contributed by atoms with E-state index in [1.165, 1.54) is 16.7 Å². The minimum Gasteiger partial charge on any atom is -0.402 e. The van der Waals surface area contributed by atoms with E-state index in [4.69, 9.17) is 9.16 Å². The van der Waals surface area contributed by atoms with Gasteiger partial charge in [-0.3, -0.25) is 0 Å². The smallest absolute Gasteiger partial charge is 0.185 e. The van der Waals surface area contributed by atoms with Gasteiger partial charge < -0.3 is 14.3 Å². The first-order valence-electron chi connectivity index (χ1n) is 8.20. The van der Waals surface area contributed by atoms with Crippen molar-refractivity contribution in [3.8, 4) is 11.1 Å². The first-order valence-corrected chi connectivity index (χ1v) is 11.6. The highest BCUT2D eigenvalue weighted by Crippen LogP contribution is 2.63. The largest absolute Gasteiger partial charge is 0.402 e. The number of fused-ring (bicyclic) bond motifs is 5. The molecule has 4 atom stereocenters. The molecule has 0 radical (unpaired) electrons. The number of benzene rings is 2. The van der Waals surface area contributed by atoms with Crippen LogP contribution in [-0.2, 0) is 14.8 Å². The van der Waals surface area contributed by atoms with Crippen LogP contribution >= 0.6 is 0 Å². The molecule has 1 fully saturated rings. The average molecular weight is 324 g/mol. The van der Waals surface area contributed by atoms with E-state index >= 15 is 0 Å². The number of rotatable bonds is 2. The lowest BCUT2D eigenvalue weighted by atomic mass is 9.76. The molecule has 1 aliphatic heterocycles. The lowest BCUT2D eigenvalue weighted by Gasteiger charge is -2.43. The van der Waals surface area contributed by atoms with Crippen molar-refractivity contribution in [3.63, 3.8) is 0 Å². The summed E-state index contributed by atoms with van der Waals surface area (Å²) in [6.07, 6.45) is -0.788. The van der Waals surface area contributed by atoms with E-state index in [0.29, 0.717) is 0 Å². The highest BCUT2D eigenvalue weighted by Gasteiger charge is 2.65. The second kappa shape index (κ2) is 4.14. The summed E-state index contributed by atoms with van der Waals surface area (Å²) >= 11 is 0. The summed E-state index contributed by atoms with van der Waals surface area (Å²) in [5, 5.41) is 11.2. The summed E-state index contributed by atoms with van der Waals surface area (Å²) in [4.78, 5) is 0. The molecule has 3 aliphatic rings. The van der Waals surface area contributed by atoms with Crippen LogP contribution in [0.15, 0.2) is 42.5 Å². The molecule has 0 spiro atoms. The summed E-state index contributed by atoms with van der Waals surface area (Å²) in [5.41, 5.74) is 5.01. The van der Waals surface area contributed by atoms with E-state index < -0.39 is 20.0 Å². The Hall–Kier alpha value is -1.46. The van der Waals surface area contributed by atoms with Gasteiger partial charge in [-0.1, -0.05) is 42.5 Å². The molecule has 2 aromatic rings. The fourth-order valence-corrected chi connectivity index (χ4v) is 5.72. The van der Waals surface area contributed by atoms with Crippen LogP contribution in [-0.4, -0.2) is 25.6 Å². The Morgan fingerprint density at radius 2 is 1.78 bits per heavy atom. The zero-order valence-electron chi connectivity index (χ0n) is 13.5. The molecular formula is C19H20O3Si. The van der Waals surface area contributed by atoms with E-state index in [1.54, 1.807) is 0 Å². The van der Waals surface area contributed by atoms with Gasteiger partial charge in [0.05, 0.1) is 0 Å². The Labute approximate surface area is 137 Å². The number of aliphatic hydroxyl groups is 1. The second-order valence-electron chi connectivity index (χ2n) is 7.73. The van der Waals surface area contributed by atoms with Crippen LogP contribution in [0.25, 0.3) is 11.1 Å².